The van der Waals surface area contributed by atoms with Gasteiger partial charge in [0, 0.05) is 5.56 Å². The molecule has 1 atom stereocenters. The number of hydrogen-bond donors (Lipinski definition) is 1. The second kappa shape index (κ2) is 10.7. The van der Waals surface area contributed by atoms with Crippen LogP contribution in [-0.4, -0.2) is 11.2 Å². The Kier molecular flexibility index (Phi) is 7.75. The highest BCUT2D eigenvalue weighted by atomic mass is 19.1. The number of hydrogen-bond acceptors (Lipinski definition) is 1. The maximum absolute atomic E-state index is 14.5. The lowest BCUT2D eigenvalue weighted by Crippen LogP contribution is -1.97. The molecular weight excluding hydrogens is 371 g/mol. The summed E-state index contributed by atoms with van der Waals surface area (Å²) in [5.74, 6) is -0.202. The van der Waals surface area contributed by atoms with E-state index in [0.29, 0.717) is 12.0 Å². The molecule has 2 heteroatoms. The second-order valence-electron chi connectivity index (χ2n) is 7.69. The molecule has 3 rings (SSSR count). The quantitative estimate of drug-likeness (QED) is 0.292. The van der Waals surface area contributed by atoms with Crippen LogP contribution >= 0.6 is 0 Å². The van der Waals surface area contributed by atoms with E-state index in [2.05, 4.69) is 43.0 Å². The van der Waals surface area contributed by atoms with E-state index >= 15 is 0 Å². The molecule has 0 amide bonds. The molecule has 1 unspecified atom stereocenters. The van der Waals surface area contributed by atoms with Gasteiger partial charge in [-0.1, -0.05) is 78.9 Å². The SMILES string of the molecule is C=CCc1ccc(-c2ccc(-c3ccc(C=CCCCC(C)O)cc3)cc2)c(F)c1. The van der Waals surface area contributed by atoms with Crippen molar-refractivity contribution in [2.24, 2.45) is 0 Å². The molecule has 0 radical (unpaired) electrons. The Hall–Kier alpha value is -2.97. The van der Waals surface area contributed by atoms with Crippen molar-refractivity contribution >= 4 is 6.08 Å². The number of allylic oxidation sites excluding steroid dienone is 2. The summed E-state index contributed by atoms with van der Waals surface area (Å²) in [6.07, 6.45) is 9.30. The first kappa shape index (κ1) is 21.7. The van der Waals surface area contributed by atoms with Gasteiger partial charge in [0.15, 0.2) is 0 Å². The lowest BCUT2D eigenvalue weighted by atomic mass is 9.98. The maximum Gasteiger partial charge on any atom is 0.131 e. The molecule has 3 aromatic rings. The van der Waals surface area contributed by atoms with Crippen LogP contribution in [0, 0.1) is 5.82 Å². The van der Waals surface area contributed by atoms with Gasteiger partial charge in [-0.25, -0.2) is 4.39 Å². The zero-order chi connectivity index (χ0) is 21.3. The second-order valence-corrected chi connectivity index (χ2v) is 7.69. The molecule has 0 spiro atoms. The van der Waals surface area contributed by atoms with E-state index in [4.69, 9.17) is 0 Å². The average molecular weight is 401 g/mol. The van der Waals surface area contributed by atoms with Crippen molar-refractivity contribution in [3.8, 4) is 22.3 Å². The van der Waals surface area contributed by atoms with E-state index in [0.717, 1.165) is 47.1 Å². The van der Waals surface area contributed by atoms with Gasteiger partial charge in [0.05, 0.1) is 6.10 Å². The molecule has 0 saturated heterocycles. The van der Waals surface area contributed by atoms with Crippen molar-refractivity contribution in [1.29, 1.82) is 0 Å². The zero-order valence-electron chi connectivity index (χ0n) is 17.5. The summed E-state index contributed by atoms with van der Waals surface area (Å²) >= 11 is 0. The van der Waals surface area contributed by atoms with Crippen molar-refractivity contribution in [3.63, 3.8) is 0 Å². The van der Waals surface area contributed by atoms with Gasteiger partial charge in [-0.3, -0.25) is 0 Å². The number of aliphatic hydroxyl groups excluding tert-OH is 1. The van der Waals surface area contributed by atoms with Crippen LogP contribution in [0.3, 0.4) is 0 Å². The first-order chi connectivity index (χ1) is 14.6. The molecule has 0 aliphatic carbocycles. The number of halogens is 1. The van der Waals surface area contributed by atoms with Crippen molar-refractivity contribution in [2.45, 2.75) is 38.7 Å². The highest BCUT2D eigenvalue weighted by molar-refractivity contribution is 5.71. The minimum Gasteiger partial charge on any atom is -0.393 e. The highest BCUT2D eigenvalue weighted by Crippen LogP contribution is 2.27. The minimum atomic E-state index is -0.225. The van der Waals surface area contributed by atoms with Crippen LogP contribution in [0.15, 0.2) is 85.5 Å². The summed E-state index contributed by atoms with van der Waals surface area (Å²) in [5, 5.41) is 9.29. The van der Waals surface area contributed by atoms with Gasteiger partial charge in [-0.05, 0) is 66.5 Å². The number of benzene rings is 3. The molecule has 0 aromatic heterocycles. The van der Waals surface area contributed by atoms with Crippen LogP contribution < -0.4 is 0 Å². The normalized spacial score (nSPS) is 12.2. The fourth-order valence-electron chi connectivity index (χ4n) is 3.47. The van der Waals surface area contributed by atoms with Gasteiger partial charge in [-0.15, -0.1) is 6.58 Å². The van der Waals surface area contributed by atoms with Gasteiger partial charge in [-0.2, -0.15) is 0 Å². The molecule has 0 saturated carbocycles. The third kappa shape index (κ3) is 6.01. The third-order valence-corrected chi connectivity index (χ3v) is 5.16. The maximum atomic E-state index is 14.5. The molecule has 1 nitrogen and oxygen atoms in total. The summed E-state index contributed by atoms with van der Waals surface area (Å²) < 4.78 is 14.5. The lowest BCUT2D eigenvalue weighted by molar-refractivity contribution is 0.182. The van der Waals surface area contributed by atoms with Gasteiger partial charge in [0.1, 0.15) is 5.82 Å². The molecule has 0 heterocycles. The summed E-state index contributed by atoms with van der Waals surface area (Å²) in [7, 11) is 0. The third-order valence-electron chi connectivity index (χ3n) is 5.16. The van der Waals surface area contributed by atoms with Crippen LogP contribution in [0.5, 0.6) is 0 Å². The molecule has 3 aromatic carbocycles. The van der Waals surface area contributed by atoms with Crippen LogP contribution in [-0.2, 0) is 6.42 Å². The van der Waals surface area contributed by atoms with Crippen LogP contribution in [0.2, 0.25) is 0 Å². The Bertz CT molecular complexity index is 982. The Morgan fingerprint density at radius 1 is 0.933 bits per heavy atom. The monoisotopic (exact) mass is 400 g/mol. The molecule has 0 bridgehead atoms. The first-order valence-electron chi connectivity index (χ1n) is 10.5. The standard InChI is InChI=1S/C28H29FO/c1-3-7-23-12-19-27(28(29)20-23)26-17-15-25(16-18-26)24-13-10-22(11-14-24)9-6-4-5-8-21(2)30/h3,6,9-21,30H,1,4-5,7-8H2,2H3. The molecule has 0 aliphatic rings. The van der Waals surface area contributed by atoms with Gasteiger partial charge in [0.2, 0.25) is 0 Å². The van der Waals surface area contributed by atoms with E-state index in [1.165, 1.54) is 0 Å². The molecule has 0 fully saturated rings. The predicted molar refractivity (Wildman–Crippen MR) is 126 cm³/mol. The molecule has 1 N–H and O–H groups in total. The minimum absolute atomic E-state index is 0.202. The number of rotatable bonds is 9. The summed E-state index contributed by atoms with van der Waals surface area (Å²) in [5.41, 5.74) is 5.82. The zero-order valence-corrected chi connectivity index (χ0v) is 17.5. The van der Waals surface area contributed by atoms with Crippen LogP contribution in [0.4, 0.5) is 4.39 Å². The van der Waals surface area contributed by atoms with E-state index in [9.17, 15) is 9.50 Å². The largest absolute Gasteiger partial charge is 0.393 e. The Morgan fingerprint density at radius 3 is 2.17 bits per heavy atom. The van der Waals surface area contributed by atoms with Gasteiger partial charge >= 0.3 is 0 Å². The predicted octanol–water partition coefficient (Wildman–Crippen LogP) is 7.45. The Balaban J connectivity index is 1.66. The summed E-state index contributed by atoms with van der Waals surface area (Å²) in [6, 6.07) is 21.8. The van der Waals surface area contributed by atoms with E-state index in [-0.39, 0.29) is 11.9 Å². The molecule has 0 aliphatic heterocycles. The first-order valence-corrected chi connectivity index (χ1v) is 10.5. The lowest BCUT2D eigenvalue weighted by Gasteiger charge is -2.08. The van der Waals surface area contributed by atoms with Crippen molar-refractivity contribution < 1.29 is 9.50 Å². The fourth-order valence-corrected chi connectivity index (χ4v) is 3.47. The molecule has 154 valence electrons. The molecular formula is C28H29FO. The van der Waals surface area contributed by atoms with Gasteiger partial charge < -0.3 is 5.11 Å². The van der Waals surface area contributed by atoms with E-state index in [1.54, 1.807) is 12.1 Å². The van der Waals surface area contributed by atoms with E-state index < -0.39 is 0 Å². The van der Waals surface area contributed by atoms with Crippen molar-refractivity contribution in [2.75, 3.05) is 0 Å². The van der Waals surface area contributed by atoms with Crippen molar-refractivity contribution in [3.05, 3.63) is 102 Å². The van der Waals surface area contributed by atoms with Crippen LogP contribution in [0.25, 0.3) is 28.3 Å². The van der Waals surface area contributed by atoms with E-state index in [1.807, 2.05) is 43.3 Å². The Labute approximate surface area is 179 Å². The number of unbranched alkanes of at least 4 members (excludes halogenated alkanes) is 1. The van der Waals surface area contributed by atoms with Crippen molar-refractivity contribution in [1.82, 2.24) is 0 Å². The van der Waals surface area contributed by atoms with Gasteiger partial charge in [0.25, 0.3) is 0 Å². The summed E-state index contributed by atoms with van der Waals surface area (Å²) in [4.78, 5) is 0. The summed E-state index contributed by atoms with van der Waals surface area (Å²) in [6.45, 7) is 5.53. The average Bonchev–Trinajstić information content (AvgIpc) is 2.74. The smallest absolute Gasteiger partial charge is 0.131 e. The Morgan fingerprint density at radius 2 is 1.57 bits per heavy atom. The number of aliphatic hydroxyl groups is 1. The molecule has 30 heavy (non-hydrogen) atoms. The topological polar surface area (TPSA) is 20.2 Å². The highest BCUT2D eigenvalue weighted by Gasteiger charge is 2.07. The van der Waals surface area contributed by atoms with Crippen LogP contribution in [0.1, 0.15) is 37.3 Å². The fraction of sp³-hybridized carbons (Fsp3) is 0.214.